The average Bonchev–Trinajstić information content (AvgIpc) is 2.45. The van der Waals surface area contributed by atoms with E-state index in [-0.39, 0.29) is 11.6 Å². The van der Waals surface area contributed by atoms with Crippen molar-refractivity contribution in [3.05, 3.63) is 23.3 Å². The summed E-state index contributed by atoms with van der Waals surface area (Å²) in [5, 5.41) is 0. The molecule has 0 saturated heterocycles. The molecule has 2 rings (SSSR count). The molecule has 2 heteroatoms. The Morgan fingerprint density at radius 3 is 2.54 bits per heavy atom. The van der Waals surface area contributed by atoms with E-state index in [2.05, 4.69) is 46.8 Å². The van der Waals surface area contributed by atoms with E-state index < -0.39 is 0 Å². The van der Waals surface area contributed by atoms with Crippen molar-refractivity contribution in [2.75, 3.05) is 0 Å². The van der Waals surface area contributed by atoms with Gasteiger partial charge in [-0.1, -0.05) is 37.1 Å². The lowest BCUT2D eigenvalue weighted by Crippen LogP contribution is -2.49. The van der Waals surface area contributed by atoms with E-state index in [0.29, 0.717) is 23.7 Å². The zero-order valence-corrected chi connectivity index (χ0v) is 16.5. The molecule has 4 atom stereocenters. The Labute approximate surface area is 148 Å². The maximum atomic E-state index is 11.8. The van der Waals surface area contributed by atoms with Crippen molar-refractivity contribution < 1.29 is 9.53 Å². The second-order valence-corrected chi connectivity index (χ2v) is 8.68. The first-order valence-corrected chi connectivity index (χ1v) is 9.75. The highest BCUT2D eigenvalue weighted by Gasteiger charge is 2.48. The van der Waals surface area contributed by atoms with Gasteiger partial charge < -0.3 is 4.74 Å². The van der Waals surface area contributed by atoms with Gasteiger partial charge in [0.25, 0.3) is 0 Å². The monoisotopic (exact) mass is 332 g/mol. The van der Waals surface area contributed by atoms with Crippen LogP contribution in [0.15, 0.2) is 23.3 Å². The number of ether oxygens (including phenoxy) is 1. The minimum atomic E-state index is -0.321. The van der Waals surface area contributed by atoms with Crippen LogP contribution in [0.2, 0.25) is 0 Å². The molecule has 24 heavy (non-hydrogen) atoms. The first kappa shape index (κ1) is 19.3. The van der Waals surface area contributed by atoms with Gasteiger partial charge in [0.1, 0.15) is 5.60 Å². The van der Waals surface area contributed by atoms with Crippen LogP contribution >= 0.6 is 0 Å². The van der Waals surface area contributed by atoms with E-state index >= 15 is 0 Å². The Balaban J connectivity index is 2.41. The highest BCUT2D eigenvalue weighted by molar-refractivity contribution is 5.66. The van der Waals surface area contributed by atoms with Crippen molar-refractivity contribution in [3.8, 4) is 0 Å². The van der Waals surface area contributed by atoms with Crippen molar-refractivity contribution in [1.82, 2.24) is 0 Å². The van der Waals surface area contributed by atoms with Crippen LogP contribution in [0, 0.1) is 23.7 Å². The van der Waals surface area contributed by atoms with Crippen molar-refractivity contribution in [1.29, 1.82) is 0 Å². The van der Waals surface area contributed by atoms with Gasteiger partial charge in [-0.05, 0) is 77.0 Å². The highest BCUT2D eigenvalue weighted by Crippen LogP contribution is 2.49. The second kappa shape index (κ2) is 7.89. The first-order chi connectivity index (χ1) is 11.2. The second-order valence-electron chi connectivity index (χ2n) is 8.68. The Morgan fingerprint density at radius 2 is 1.92 bits per heavy atom. The lowest BCUT2D eigenvalue weighted by Gasteiger charge is -2.49. The molecule has 1 saturated carbocycles. The molecule has 0 aromatic heterocycles. The number of fused-ring (bicyclic) bond motifs is 1. The molecule has 0 radical (unpaired) electrons. The Bertz CT molecular complexity index is 514. The molecule has 0 aromatic carbocycles. The van der Waals surface area contributed by atoms with Crippen LogP contribution in [0.1, 0.15) is 80.1 Å². The highest BCUT2D eigenvalue weighted by atomic mass is 16.6. The SMILES string of the molecule is CC(=O)O[C@]1(C)CC[C@H](C(C)C)[C@H]2/C=C(\C)CC/C=C(/C)CC[C@H]21. The number of hydrogen-bond acceptors (Lipinski definition) is 2. The smallest absolute Gasteiger partial charge is 0.303 e. The van der Waals surface area contributed by atoms with E-state index in [9.17, 15) is 4.79 Å². The third kappa shape index (κ3) is 4.52. The van der Waals surface area contributed by atoms with Gasteiger partial charge in [0.15, 0.2) is 0 Å². The van der Waals surface area contributed by atoms with Gasteiger partial charge in [0.05, 0.1) is 0 Å². The summed E-state index contributed by atoms with van der Waals surface area (Å²) in [6.07, 6.45) is 11.6. The number of hydrogen-bond donors (Lipinski definition) is 0. The molecule has 2 aliphatic carbocycles. The minimum absolute atomic E-state index is 0.135. The molecule has 2 nitrogen and oxygen atoms in total. The maximum Gasteiger partial charge on any atom is 0.303 e. The number of rotatable bonds is 2. The van der Waals surface area contributed by atoms with Crippen molar-refractivity contribution in [3.63, 3.8) is 0 Å². The minimum Gasteiger partial charge on any atom is -0.459 e. The van der Waals surface area contributed by atoms with E-state index in [0.717, 1.165) is 38.5 Å². The fourth-order valence-electron chi connectivity index (χ4n) is 4.95. The van der Waals surface area contributed by atoms with Crippen molar-refractivity contribution >= 4 is 5.97 Å². The summed E-state index contributed by atoms with van der Waals surface area (Å²) in [5.74, 6) is 2.16. The summed E-state index contributed by atoms with van der Waals surface area (Å²) < 4.78 is 5.93. The van der Waals surface area contributed by atoms with Gasteiger partial charge >= 0.3 is 5.97 Å². The molecule has 0 aromatic rings. The molecule has 0 spiro atoms. The maximum absolute atomic E-state index is 11.8. The largest absolute Gasteiger partial charge is 0.459 e. The fourth-order valence-corrected chi connectivity index (χ4v) is 4.95. The van der Waals surface area contributed by atoms with E-state index in [1.807, 2.05) is 0 Å². The summed E-state index contributed by atoms with van der Waals surface area (Å²) in [6, 6.07) is 0. The molecule has 0 bridgehead atoms. The lowest BCUT2D eigenvalue weighted by molar-refractivity contribution is -0.171. The van der Waals surface area contributed by atoms with Crippen LogP contribution in [0.25, 0.3) is 0 Å². The third-order valence-corrected chi connectivity index (χ3v) is 6.31. The predicted octanol–water partition coefficient (Wildman–Crippen LogP) is 6.07. The zero-order chi connectivity index (χ0) is 17.9. The number of carbonyl (C=O) groups is 1. The molecule has 0 unspecified atom stereocenters. The van der Waals surface area contributed by atoms with Gasteiger partial charge in [-0.15, -0.1) is 0 Å². The van der Waals surface area contributed by atoms with Gasteiger partial charge in [0, 0.05) is 12.8 Å². The standard InChI is InChI=1S/C22H36O2/c1-15(2)19-12-13-22(6,24-18(5)23)21-11-10-16(3)8-7-9-17(4)14-20(19)21/h8,14-15,19-21H,7,9-13H2,1-6H3/b16-8-,17-14+/t19-,20-,21-,22-/m1/s1. The molecule has 136 valence electrons. The molecular formula is C22H36O2. The number of carbonyl (C=O) groups excluding carboxylic acids is 1. The van der Waals surface area contributed by atoms with Gasteiger partial charge in [0.2, 0.25) is 0 Å². The van der Waals surface area contributed by atoms with E-state index in [1.54, 1.807) is 6.92 Å². The molecule has 1 fully saturated rings. The Morgan fingerprint density at radius 1 is 1.21 bits per heavy atom. The third-order valence-electron chi connectivity index (χ3n) is 6.31. The van der Waals surface area contributed by atoms with Gasteiger partial charge in [-0.3, -0.25) is 4.79 Å². The molecule has 0 N–H and O–H groups in total. The summed E-state index contributed by atoms with van der Waals surface area (Å²) in [7, 11) is 0. The topological polar surface area (TPSA) is 26.3 Å². The number of esters is 1. The van der Waals surface area contributed by atoms with Crippen LogP contribution in [0.4, 0.5) is 0 Å². The van der Waals surface area contributed by atoms with Crippen LogP contribution < -0.4 is 0 Å². The zero-order valence-electron chi connectivity index (χ0n) is 16.5. The summed E-state index contributed by atoms with van der Waals surface area (Å²) in [4.78, 5) is 11.8. The Kier molecular flexibility index (Phi) is 6.33. The van der Waals surface area contributed by atoms with Crippen LogP contribution in [-0.2, 0) is 9.53 Å². The lowest BCUT2D eigenvalue weighted by atomic mass is 9.60. The number of allylic oxidation sites excluding steroid dienone is 4. The molecule has 0 aliphatic heterocycles. The predicted molar refractivity (Wildman–Crippen MR) is 101 cm³/mol. The van der Waals surface area contributed by atoms with Crippen LogP contribution in [0.3, 0.4) is 0 Å². The molecule has 2 aliphatic rings. The van der Waals surface area contributed by atoms with Crippen molar-refractivity contribution in [2.45, 2.75) is 85.7 Å². The quantitative estimate of drug-likeness (QED) is 0.453. The summed E-state index contributed by atoms with van der Waals surface area (Å²) in [6.45, 7) is 13.0. The molecule has 0 heterocycles. The first-order valence-electron chi connectivity index (χ1n) is 9.75. The molecular weight excluding hydrogens is 296 g/mol. The normalized spacial score (nSPS) is 39.2. The van der Waals surface area contributed by atoms with Crippen LogP contribution in [-0.4, -0.2) is 11.6 Å². The fraction of sp³-hybridized carbons (Fsp3) is 0.773. The van der Waals surface area contributed by atoms with Gasteiger partial charge in [-0.2, -0.15) is 0 Å². The Hall–Kier alpha value is -1.05. The average molecular weight is 333 g/mol. The van der Waals surface area contributed by atoms with Gasteiger partial charge in [-0.25, -0.2) is 0 Å². The van der Waals surface area contributed by atoms with E-state index in [4.69, 9.17) is 4.74 Å². The van der Waals surface area contributed by atoms with E-state index in [1.165, 1.54) is 11.1 Å². The molecule has 0 amide bonds. The van der Waals surface area contributed by atoms with Crippen LogP contribution in [0.5, 0.6) is 0 Å². The summed E-state index contributed by atoms with van der Waals surface area (Å²) >= 11 is 0. The van der Waals surface area contributed by atoms with Crippen molar-refractivity contribution in [2.24, 2.45) is 23.7 Å². The summed E-state index contributed by atoms with van der Waals surface area (Å²) in [5.41, 5.74) is 2.66.